The van der Waals surface area contributed by atoms with Gasteiger partial charge in [0.2, 0.25) is 0 Å². The fraction of sp³-hybridized carbons (Fsp3) is 0. The Morgan fingerprint density at radius 3 is 2.42 bits per heavy atom. The molecule has 0 radical (unpaired) electrons. The summed E-state index contributed by atoms with van der Waals surface area (Å²) in [6.07, 6.45) is 0. The van der Waals surface area contributed by atoms with Crippen molar-refractivity contribution < 1.29 is 4.39 Å². The normalized spacial score (nSPS) is 9.08. The lowest BCUT2D eigenvalue weighted by atomic mass is 10.3. The first-order valence-electron chi connectivity index (χ1n) is 3.25. The molecule has 0 fully saturated rings. The van der Waals surface area contributed by atoms with Crippen LogP contribution < -0.4 is 16.6 Å². The fourth-order valence-corrected chi connectivity index (χ4v) is 0.718. The maximum Gasteiger partial charge on any atom is 0.182 e. The van der Waals surface area contributed by atoms with E-state index in [0.29, 0.717) is 5.69 Å². The third-order valence-electron chi connectivity index (χ3n) is 1.17. The van der Waals surface area contributed by atoms with Crippen molar-refractivity contribution in [3.63, 3.8) is 0 Å². The van der Waals surface area contributed by atoms with Gasteiger partial charge in [-0.2, -0.15) is 0 Å². The highest BCUT2D eigenvalue weighted by atomic mass is 32.1. The van der Waals surface area contributed by atoms with Crippen molar-refractivity contribution in [3.05, 3.63) is 30.1 Å². The summed E-state index contributed by atoms with van der Waals surface area (Å²) in [4.78, 5) is 0. The summed E-state index contributed by atoms with van der Waals surface area (Å²) in [5.74, 6) is -0.282. The zero-order chi connectivity index (χ0) is 8.97. The minimum absolute atomic E-state index is 0.138. The smallest absolute Gasteiger partial charge is 0.182 e. The van der Waals surface area contributed by atoms with Crippen LogP contribution in [0.3, 0.4) is 0 Å². The van der Waals surface area contributed by atoms with Gasteiger partial charge in [-0.1, -0.05) is 0 Å². The Labute approximate surface area is 74.7 Å². The maximum atomic E-state index is 12.4. The first-order chi connectivity index (χ1) is 5.68. The van der Waals surface area contributed by atoms with Crippen LogP contribution in [0.5, 0.6) is 0 Å². The molecule has 0 aromatic heterocycles. The van der Waals surface area contributed by atoms with Gasteiger partial charge in [0.25, 0.3) is 0 Å². The number of hydrogen-bond acceptors (Lipinski definition) is 2. The topological polar surface area (TPSA) is 50.1 Å². The van der Waals surface area contributed by atoms with Gasteiger partial charge in [-0.05, 0) is 36.5 Å². The number of thiocarbonyl (C=S) groups is 1. The molecule has 3 nitrogen and oxygen atoms in total. The van der Waals surface area contributed by atoms with Crippen molar-refractivity contribution in [1.82, 2.24) is 5.43 Å². The lowest BCUT2D eigenvalue weighted by Gasteiger charge is -2.06. The maximum absolute atomic E-state index is 12.4. The molecule has 0 heterocycles. The molecular weight excluding hydrogens is 177 g/mol. The lowest BCUT2D eigenvalue weighted by Crippen LogP contribution is -2.33. The zero-order valence-electron chi connectivity index (χ0n) is 6.17. The second-order valence-corrected chi connectivity index (χ2v) is 2.56. The molecule has 0 aliphatic rings. The average molecular weight is 185 g/mol. The van der Waals surface area contributed by atoms with Crippen molar-refractivity contribution >= 4 is 23.0 Å². The molecule has 12 heavy (non-hydrogen) atoms. The highest BCUT2D eigenvalue weighted by Gasteiger charge is 1.91. The first-order valence-corrected chi connectivity index (χ1v) is 3.66. The molecule has 0 amide bonds. The number of hydrogen-bond donors (Lipinski definition) is 3. The van der Waals surface area contributed by atoms with Gasteiger partial charge in [-0.3, -0.25) is 10.9 Å². The molecular formula is C7H8FN3S. The minimum atomic E-state index is -0.282. The molecule has 0 spiro atoms. The van der Waals surface area contributed by atoms with Gasteiger partial charge in [-0.25, -0.2) is 4.39 Å². The zero-order valence-corrected chi connectivity index (χ0v) is 6.99. The quantitative estimate of drug-likeness (QED) is 0.475. The van der Waals surface area contributed by atoms with E-state index in [0.717, 1.165) is 0 Å². The van der Waals surface area contributed by atoms with E-state index < -0.39 is 0 Å². The Morgan fingerprint density at radius 1 is 1.33 bits per heavy atom. The molecule has 5 heteroatoms. The summed E-state index contributed by atoms with van der Waals surface area (Å²) in [7, 11) is 0. The summed E-state index contributed by atoms with van der Waals surface area (Å²) in [5, 5.41) is 0.138. The largest absolute Gasteiger partial charge is 0.375 e. The number of halogens is 1. The Morgan fingerprint density at radius 2 is 1.92 bits per heavy atom. The van der Waals surface area contributed by atoms with Crippen LogP contribution in [0.15, 0.2) is 24.3 Å². The van der Waals surface area contributed by atoms with Crippen molar-refractivity contribution in [3.8, 4) is 0 Å². The molecule has 1 aromatic rings. The van der Waals surface area contributed by atoms with Gasteiger partial charge >= 0.3 is 0 Å². The van der Waals surface area contributed by atoms with E-state index in [9.17, 15) is 4.39 Å². The van der Waals surface area contributed by atoms with Crippen LogP contribution >= 0.6 is 12.2 Å². The van der Waals surface area contributed by atoms with E-state index in [4.69, 9.17) is 5.73 Å². The highest BCUT2D eigenvalue weighted by Crippen LogP contribution is 2.06. The summed E-state index contributed by atoms with van der Waals surface area (Å²) in [6, 6.07) is 5.81. The SMILES string of the molecule is NC(=S)NNc1ccc(F)cc1. The molecule has 0 atom stereocenters. The Hall–Kier alpha value is -1.36. The molecule has 1 rings (SSSR count). The number of rotatable bonds is 2. The van der Waals surface area contributed by atoms with Crippen LogP contribution in [-0.2, 0) is 0 Å². The predicted octanol–water partition coefficient (Wildman–Crippen LogP) is 0.986. The van der Waals surface area contributed by atoms with Gasteiger partial charge in [-0.15, -0.1) is 0 Å². The van der Waals surface area contributed by atoms with Gasteiger partial charge in [0, 0.05) is 0 Å². The summed E-state index contributed by atoms with van der Waals surface area (Å²) in [5.41, 5.74) is 11.1. The van der Waals surface area contributed by atoms with Crippen molar-refractivity contribution in [2.75, 3.05) is 5.43 Å². The number of nitrogens with one attached hydrogen (secondary N) is 2. The first kappa shape index (κ1) is 8.73. The summed E-state index contributed by atoms with van der Waals surface area (Å²) in [6.45, 7) is 0. The molecule has 0 saturated carbocycles. The molecule has 0 saturated heterocycles. The van der Waals surface area contributed by atoms with Crippen molar-refractivity contribution in [1.29, 1.82) is 0 Å². The van der Waals surface area contributed by atoms with Gasteiger partial charge in [0.1, 0.15) is 5.82 Å². The van der Waals surface area contributed by atoms with E-state index >= 15 is 0 Å². The van der Waals surface area contributed by atoms with E-state index in [1.165, 1.54) is 12.1 Å². The molecule has 1 aromatic carbocycles. The number of nitrogens with two attached hydrogens (primary N) is 1. The number of hydrazine groups is 1. The fourth-order valence-electron chi connectivity index (χ4n) is 0.667. The second-order valence-electron chi connectivity index (χ2n) is 2.12. The van der Waals surface area contributed by atoms with Crippen molar-refractivity contribution in [2.24, 2.45) is 5.73 Å². The van der Waals surface area contributed by atoms with Crippen LogP contribution in [-0.4, -0.2) is 5.11 Å². The third-order valence-corrected chi connectivity index (χ3v) is 1.28. The van der Waals surface area contributed by atoms with E-state index in [2.05, 4.69) is 23.1 Å². The molecule has 64 valence electrons. The number of benzene rings is 1. The predicted molar refractivity (Wildman–Crippen MR) is 49.9 cm³/mol. The van der Waals surface area contributed by atoms with E-state index in [1.807, 2.05) is 0 Å². The van der Waals surface area contributed by atoms with E-state index in [-0.39, 0.29) is 10.9 Å². The van der Waals surface area contributed by atoms with Crippen LogP contribution in [0.2, 0.25) is 0 Å². The highest BCUT2D eigenvalue weighted by molar-refractivity contribution is 7.80. The molecule has 0 aliphatic heterocycles. The van der Waals surface area contributed by atoms with Crippen LogP contribution in [0, 0.1) is 5.82 Å². The number of anilines is 1. The second kappa shape index (κ2) is 3.87. The van der Waals surface area contributed by atoms with Crippen LogP contribution in [0.25, 0.3) is 0 Å². The van der Waals surface area contributed by atoms with Gasteiger partial charge in [0.05, 0.1) is 5.69 Å². The molecule has 0 bridgehead atoms. The Bertz CT molecular complexity index is 272. The monoisotopic (exact) mass is 185 g/mol. The lowest BCUT2D eigenvalue weighted by molar-refractivity contribution is 0.628. The molecule has 0 aliphatic carbocycles. The minimum Gasteiger partial charge on any atom is -0.375 e. The molecule has 0 unspecified atom stereocenters. The summed E-state index contributed by atoms with van der Waals surface area (Å²) < 4.78 is 12.4. The summed E-state index contributed by atoms with van der Waals surface area (Å²) >= 11 is 4.55. The Kier molecular flexibility index (Phi) is 2.82. The molecule has 4 N–H and O–H groups in total. The van der Waals surface area contributed by atoms with Crippen LogP contribution in [0.1, 0.15) is 0 Å². The van der Waals surface area contributed by atoms with E-state index in [1.54, 1.807) is 12.1 Å². The van der Waals surface area contributed by atoms with Crippen molar-refractivity contribution in [2.45, 2.75) is 0 Å². The standard InChI is InChI=1S/C7H8FN3S/c8-5-1-3-6(4-2-5)10-11-7(9)12/h1-4,10H,(H3,9,11,12). The van der Waals surface area contributed by atoms with Gasteiger partial charge < -0.3 is 5.73 Å². The van der Waals surface area contributed by atoms with Gasteiger partial charge in [0.15, 0.2) is 5.11 Å². The average Bonchev–Trinajstić information content (AvgIpc) is 2.03. The van der Waals surface area contributed by atoms with Crippen LogP contribution in [0.4, 0.5) is 10.1 Å². The third kappa shape index (κ3) is 2.71. The Balaban J connectivity index is 2.53.